The molecule has 0 aromatic heterocycles. The Kier molecular flexibility index (Phi) is 11.4. The molecule has 0 atom stereocenters. The SMILES string of the molecule is CN1CC(=O)N(CCc2ccccc2Br)C1=O.CN1CC(=O)NC1=O.OCCc1ccccc1Br. The van der Waals surface area contributed by atoms with Crippen LogP contribution in [-0.4, -0.2) is 84.0 Å². The second kappa shape index (κ2) is 14.0. The Balaban J connectivity index is 0.000000204. The highest BCUT2D eigenvalue weighted by Gasteiger charge is 2.32. The van der Waals surface area contributed by atoms with Gasteiger partial charge in [-0.05, 0) is 36.1 Å². The number of rotatable bonds is 5. The minimum Gasteiger partial charge on any atom is -0.396 e. The standard InChI is InChI=1S/C12H13BrN2O2.C8H9BrO.C4H6N2O2/c1-14-8-11(16)15(12(14)17)7-6-9-4-2-3-5-10(9)13;9-8-4-2-1-3-7(8)5-6-10;1-6-2-3(7)5-4(6)8/h2-5H,6-8H2,1H3;1-4,10H,5-6H2;2H2,1H3,(H,5,7,8). The number of imide groups is 2. The van der Waals surface area contributed by atoms with E-state index in [0.717, 1.165) is 26.5 Å². The smallest absolute Gasteiger partial charge is 0.326 e. The Morgan fingerprint density at radius 2 is 1.37 bits per heavy atom. The van der Waals surface area contributed by atoms with E-state index in [0.29, 0.717) is 13.0 Å². The quantitative estimate of drug-likeness (QED) is 0.505. The summed E-state index contributed by atoms with van der Waals surface area (Å²) in [7, 11) is 3.21. The van der Waals surface area contributed by atoms with E-state index < -0.39 is 0 Å². The predicted molar refractivity (Wildman–Crippen MR) is 139 cm³/mol. The molecule has 2 saturated heterocycles. The van der Waals surface area contributed by atoms with Gasteiger partial charge in [-0.1, -0.05) is 68.3 Å². The number of aliphatic hydroxyl groups excluding tert-OH is 1. The normalized spacial score (nSPS) is 14.9. The number of hydrogen-bond donors (Lipinski definition) is 2. The van der Waals surface area contributed by atoms with Crippen molar-refractivity contribution in [2.24, 2.45) is 0 Å². The Labute approximate surface area is 221 Å². The van der Waals surface area contributed by atoms with E-state index in [1.807, 2.05) is 48.5 Å². The van der Waals surface area contributed by atoms with Crippen LogP contribution in [0.3, 0.4) is 0 Å². The molecule has 2 aliphatic heterocycles. The summed E-state index contributed by atoms with van der Waals surface area (Å²) in [5, 5.41) is 10.7. The lowest BCUT2D eigenvalue weighted by atomic mass is 10.1. The molecule has 9 nitrogen and oxygen atoms in total. The second-order valence-corrected chi connectivity index (χ2v) is 9.51. The van der Waals surface area contributed by atoms with Crippen LogP contribution in [0.15, 0.2) is 57.5 Å². The number of likely N-dealkylation sites (N-methyl/N-ethyl adjacent to an activating group) is 2. The van der Waals surface area contributed by atoms with Crippen LogP contribution in [0.4, 0.5) is 9.59 Å². The van der Waals surface area contributed by atoms with Gasteiger partial charge >= 0.3 is 12.1 Å². The van der Waals surface area contributed by atoms with Gasteiger partial charge in [0.15, 0.2) is 0 Å². The van der Waals surface area contributed by atoms with Crippen LogP contribution < -0.4 is 5.32 Å². The minimum atomic E-state index is -0.310. The van der Waals surface area contributed by atoms with E-state index >= 15 is 0 Å². The zero-order chi connectivity index (χ0) is 26.0. The van der Waals surface area contributed by atoms with Crippen LogP contribution in [-0.2, 0) is 22.4 Å². The van der Waals surface area contributed by atoms with E-state index in [2.05, 4.69) is 37.2 Å². The molecule has 0 saturated carbocycles. The number of carbonyl (C=O) groups excluding carboxylic acids is 4. The van der Waals surface area contributed by atoms with Crippen molar-refractivity contribution in [3.8, 4) is 0 Å². The summed E-state index contributed by atoms with van der Waals surface area (Å²) in [5.74, 6) is -0.345. The molecule has 0 unspecified atom stereocenters. The zero-order valence-corrected chi connectivity index (χ0v) is 22.7. The molecule has 4 rings (SSSR count). The summed E-state index contributed by atoms with van der Waals surface area (Å²) in [5.41, 5.74) is 2.26. The van der Waals surface area contributed by atoms with E-state index in [9.17, 15) is 19.2 Å². The van der Waals surface area contributed by atoms with Gasteiger partial charge in [0.25, 0.3) is 0 Å². The Morgan fingerprint density at radius 1 is 0.829 bits per heavy atom. The molecule has 35 heavy (non-hydrogen) atoms. The number of halogens is 2. The summed E-state index contributed by atoms with van der Waals surface area (Å²) in [6.07, 6.45) is 1.40. The fourth-order valence-corrected chi connectivity index (χ4v) is 4.15. The number of hydrogen-bond acceptors (Lipinski definition) is 5. The highest BCUT2D eigenvalue weighted by atomic mass is 79.9. The molecule has 2 aliphatic rings. The second-order valence-electron chi connectivity index (χ2n) is 7.80. The molecule has 0 bridgehead atoms. The maximum absolute atomic E-state index is 11.6. The van der Waals surface area contributed by atoms with Gasteiger partial charge in [0.05, 0.1) is 0 Å². The van der Waals surface area contributed by atoms with Crippen molar-refractivity contribution >= 4 is 55.7 Å². The molecule has 2 aromatic carbocycles. The van der Waals surface area contributed by atoms with Crippen molar-refractivity contribution in [1.29, 1.82) is 0 Å². The summed E-state index contributed by atoms with van der Waals surface area (Å²) < 4.78 is 2.08. The average molecular weight is 612 g/mol. The van der Waals surface area contributed by atoms with Crippen LogP contribution in [0, 0.1) is 0 Å². The van der Waals surface area contributed by atoms with Crippen molar-refractivity contribution in [2.45, 2.75) is 12.8 Å². The van der Waals surface area contributed by atoms with Gasteiger partial charge in [-0.3, -0.25) is 19.8 Å². The van der Waals surface area contributed by atoms with Crippen molar-refractivity contribution in [1.82, 2.24) is 20.0 Å². The predicted octanol–water partition coefficient (Wildman–Crippen LogP) is 3.04. The third kappa shape index (κ3) is 8.75. The van der Waals surface area contributed by atoms with E-state index in [4.69, 9.17) is 5.11 Å². The molecule has 2 heterocycles. The lowest BCUT2D eigenvalue weighted by molar-refractivity contribution is -0.125. The summed E-state index contributed by atoms with van der Waals surface area (Å²) >= 11 is 6.84. The molecule has 0 radical (unpaired) electrons. The van der Waals surface area contributed by atoms with Crippen molar-refractivity contribution in [3.63, 3.8) is 0 Å². The maximum atomic E-state index is 11.6. The van der Waals surface area contributed by atoms with Gasteiger partial charge in [-0.2, -0.15) is 0 Å². The molecule has 6 amide bonds. The summed E-state index contributed by atoms with van der Waals surface area (Å²) in [6, 6.07) is 15.2. The molecule has 0 aliphatic carbocycles. The van der Waals surface area contributed by atoms with Crippen molar-refractivity contribution in [2.75, 3.05) is 40.3 Å². The summed E-state index contributed by atoms with van der Waals surface area (Å²) in [4.78, 5) is 47.9. The van der Waals surface area contributed by atoms with Crippen molar-refractivity contribution in [3.05, 3.63) is 68.6 Å². The van der Waals surface area contributed by atoms with Gasteiger partial charge in [0.2, 0.25) is 11.8 Å². The van der Waals surface area contributed by atoms with Gasteiger partial charge in [-0.15, -0.1) is 0 Å². The molecule has 0 spiro atoms. The molecule has 2 aromatic rings. The topological polar surface area (TPSA) is 110 Å². The highest BCUT2D eigenvalue weighted by molar-refractivity contribution is 9.10. The molecule has 2 N–H and O–H groups in total. The number of benzene rings is 2. The lowest BCUT2D eigenvalue weighted by Gasteiger charge is -2.14. The van der Waals surface area contributed by atoms with Crippen molar-refractivity contribution < 1.29 is 24.3 Å². The first-order chi connectivity index (χ1) is 16.6. The number of nitrogens with zero attached hydrogens (tertiary/aromatic N) is 3. The largest absolute Gasteiger partial charge is 0.396 e. The first kappa shape index (κ1) is 28.5. The number of carbonyl (C=O) groups is 4. The first-order valence-corrected chi connectivity index (χ1v) is 12.4. The number of amides is 6. The van der Waals surface area contributed by atoms with E-state index in [-0.39, 0.29) is 43.6 Å². The number of urea groups is 2. The van der Waals surface area contributed by atoms with Gasteiger partial charge in [0.1, 0.15) is 13.1 Å². The Hall–Kier alpha value is -2.76. The third-order valence-corrected chi connectivity index (χ3v) is 6.65. The molecular formula is C24H28Br2N4O5. The lowest BCUT2D eigenvalue weighted by Crippen LogP contribution is -2.33. The Bertz CT molecular complexity index is 1070. The number of nitrogens with one attached hydrogen (secondary N) is 1. The molecule has 188 valence electrons. The Morgan fingerprint density at radius 3 is 1.74 bits per heavy atom. The maximum Gasteiger partial charge on any atom is 0.326 e. The number of aliphatic hydroxyl groups is 1. The van der Waals surface area contributed by atoms with Crippen LogP contribution in [0.2, 0.25) is 0 Å². The highest BCUT2D eigenvalue weighted by Crippen LogP contribution is 2.18. The monoisotopic (exact) mass is 610 g/mol. The van der Waals surface area contributed by atoms with Crippen LogP contribution in [0.25, 0.3) is 0 Å². The first-order valence-electron chi connectivity index (χ1n) is 10.8. The van der Waals surface area contributed by atoms with Crippen LogP contribution in [0.1, 0.15) is 11.1 Å². The molecule has 2 fully saturated rings. The molecular weight excluding hydrogens is 584 g/mol. The van der Waals surface area contributed by atoms with E-state index in [1.54, 1.807) is 14.1 Å². The fourth-order valence-electron chi connectivity index (χ4n) is 3.19. The van der Waals surface area contributed by atoms with Crippen LogP contribution >= 0.6 is 31.9 Å². The van der Waals surface area contributed by atoms with Gasteiger partial charge in [-0.25, -0.2) is 9.59 Å². The zero-order valence-electron chi connectivity index (χ0n) is 19.5. The molecule has 11 heteroatoms. The third-order valence-electron chi connectivity index (χ3n) is 5.11. The summed E-state index contributed by atoms with van der Waals surface area (Å²) in [6.45, 7) is 1.03. The average Bonchev–Trinajstić information content (AvgIpc) is 3.24. The van der Waals surface area contributed by atoms with Gasteiger partial charge in [0, 0.05) is 36.2 Å². The van der Waals surface area contributed by atoms with E-state index in [1.165, 1.54) is 14.7 Å². The van der Waals surface area contributed by atoms with Crippen LogP contribution in [0.5, 0.6) is 0 Å². The fraction of sp³-hybridized carbons (Fsp3) is 0.333. The van der Waals surface area contributed by atoms with Gasteiger partial charge < -0.3 is 14.9 Å². The minimum absolute atomic E-state index is 0.121.